The number of anilines is 1. The topological polar surface area (TPSA) is 80.9 Å². The van der Waals surface area contributed by atoms with Crippen molar-refractivity contribution in [3.05, 3.63) is 52.6 Å². The first kappa shape index (κ1) is 15.0. The number of nitrogens with one attached hydrogen (secondary N) is 1. The third kappa shape index (κ3) is 4.02. The number of nitrogens with zero attached hydrogens (tertiary/aromatic N) is 2. The van der Waals surface area contributed by atoms with Crippen molar-refractivity contribution >= 4 is 23.2 Å². The van der Waals surface area contributed by atoms with Gasteiger partial charge in [0.2, 0.25) is 0 Å². The minimum absolute atomic E-state index is 0.218. The first-order chi connectivity index (χ1) is 10.1. The van der Waals surface area contributed by atoms with Gasteiger partial charge in [0.15, 0.2) is 0 Å². The van der Waals surface area contributed by atoms with Crippen molar-refractivity contribution in [3.8, 4) is 11.8 Å². The summed E-state index contributed by atoms with van der Waals surface area (Å²) < 4.78 is 0. The Bertz CT molecular complexity index is 717. The summed E-state index contributed by atoms with van der Waals surface area (Å²) in [6, 6.07) is 5.11. The number of aromatic nitrogens is 2. The number of amides is 1. The molecule has 0 unspecified atom stereocenters. The molecular formula is C15H13ClN4O. The highest BCUT2D eigenvalue weighted by Crippen LogP contribution is 2.23. The molecule has 0 aliphatic rings. The van der Waals surface area contributed by atoms with Crippen molar-refractivity contribution < 1.29 is 4.79 Å². The average Bonchev–Trinajstić information content (AvgIpc) is 2.48. The third-order valence-corrected chi connectivity index (χ3v) is 2.89. The number of hydrogen-bond acceptors (Lipinski definition) is 4. The molecule has 2 rings (SSSR count). The van der Waals surface area contributed by atoms with Gasteiger partial charge < -0.3 is 11.1 Å². The zero-order chi connectivity index (χ0) is 15.2. The van der Waals surface area contributed by atoms with Crippen LogP contribution in [0.4, 0.5) is 5.69 Å². The summed E-state index contributed by atoms with van der Waals surface area (Å²) in [5.74, 6) is 5.24. The standard InChI is InChI=1S/C15H13ClN4O/c1-10-8-19-14(9-18-10)15(21)20-13-7-11(3-2-6-17)4-5-12(13)16/h4-5,7-9H,6,17H2,1H3,(H,20,21). The minimum Gasteiger partial charge on any atom is -0.320 e. The Morgan fingerprint density at radius 2 is 2.19 bits per heavy atom. The number of hydrogen-bond donors (Lipinski definition) is 2. The Morgan fingerprint density at radius 3 is 2.86 bits per heavy atom. The second-order valence-corrected chi connectivity index (χ2v) is 4.60. The minimum atomic E-state index is -0.381. The average molecular weight is 301 g/mol. The van der Waals surface area contributed by atoms with Crippen molar-refractivity contribution in [2.24, 2.45) is 5.73 Å². The molecule has 0 saturated heterocycles. The maximum Gasteiger partial charge on any atom is 0.275 e. The number of carbonyl (C=O) groups is 1. The number of carbonyl (C=O) groups excluding carboxylic acids is 1. The highest BCUT2D eigenvalue weighted by molar-refractivity contribution is 6.33. The first-order valence-electron chi connectivity index (χ1n) is 6.18. The number of halogens is 1. The molecule has 5 nitrogen and oxygen atoms in total. The molecule has 1 amide bonds. The zero-order valence-electron chi connectivity index (χ0n) is 11.4. The summed E-state index contributed by atoms with van der Waals surface area (Å²) >= 11 is 6.06. The largest absolute Gasteiger partial charge is 0.320 e. The molecule has 0 aliphatic carbocycles. The molecule has 0 bridgehead atoms. The number of aryl methyl sites for hydroxylation is 1. The van der Waals surface area contributed by atoms with Crippen molar-refractivity contribution in [2.75, 3.05) is 11.9 Å². The van der Waals surface area contributed by atoms with Gasteiger partial charge in [-0.3, -0.25) is 9.78 Å². The lowest BCUT2D eigenvalue weighted by atomic mass is 10.2. The van der Waals surface area contributed by atoms with Crippen molar-refractivity contribution in [3.63, 3.8) is 0 Å². The monoisotopic (exact) mass is 300 g/mol. The van der Waals surface area contributed by atoms with Crippen molar-refractivity contribution in [1.29, 1.82) is 0 Å². The predicted octanol–water partition coefficient (Wildman–Crippen LogP) is 2.00. The zero-order valence-corrected chi connectivity index (χ0v) is 12.1. The van der Waals surface area contributed by atoms with E-state index in [4.69, 9.17) is 17.3 Å². The summed E-state index contributed by atoms with van der Waals surface area (Å²) in [5, 5.41) is 3.11. The van der Waals surface area contributed by atoms with Gasteiger partial charge in [0.05, 0.1) is 29.1 Å². The highest BCUT2D eigenvalue weighted by atomic mass is 35.5. The van der Waals surface area contributed by atoms with Gasteiger partial charge in [0.1, 0.15) is 5.69 Å². The SMILES string of the molecule is Cc1cnc(C(=O)Nc2cc(C#CCN)ccc2Cl)cn1. The quantitative estimate of drug-likeness (QED) is 0.831. The fraction of sp³-hybridized carbons (Fsp3) is 0.133. The molecule has 0 atom stereocenters. The predicted molar refractivity (Wildman–Crippen MR) is 82.1 cm³/mol. The molecule has 106 valence electrons. The van der Waals surface area contributed by atoms with E-state index in [1.807, 2.05) is 0 Å². The maximum absolute atomic E-state index is 12.1. The number of nitrogens with two attached hydrogens (primary N) is 1. The van der Waals surface area contributed by atoms with Crippen LogP contribution in [0, 0.1) is 18.8 Å². The van der Waals surface area contributed by atoms with E-state index in [2.05, 4.69) is 27.1 Å². The van der Waals surface area contributed by atoms with Crippen LogP contribution >= 0.6 is 11.6 Å². The molecule has 1 heterocycles. The van der Waals surface area contributed by atoms with E-state index in [1.165, 1.54) is 12.4 Å². The van der Waals surface area contributed by atoms with Gasteiger partial charge in [-0.15, -0.1) is 0 Å². The van der Waals surface area contributed by atoms with E-state index in [1.54, 1.807) is 25.1 Å². The van der Waals surface area contributed by atoms with Gasteiger partial charge in [-0.1, -0.05) is 23.4 Å². The molecule has 0 saturated carbocycles. The van der Waals surface area contributed by atoms with Crippen LogP contribution in [0.25, 0.3) is 0 Å². The maximum atomic E-state index is 12.1. The number of rotatable bonds is 2. The lowest BCUT2D eigenvalue weighted by molar-refractivity contribution is 0.102. The molecule has 21 heavy (non-hydrogen) atoms. The first-order valence-corrected chi connectivity index (χ1v) is 6.56. The molecule has 1 aromatic carbocycles. The van der Waals surface area contributed by atoms with E-state index in [0.717, 1.165) is 11.3 Å². The molecule has 0 aliphatic heterocycles. The lowest BCUT2D eigenvalue weighted by Crippen LogP contribution is -2.14. The highest BCUT2D eigenvalue weighted by Gasteiger charge is 2.10. The molecule has 0 fully saturated rings. The van der Waals surface area contributed by atoms with Crippen LogP contribution in [0.15, 0.2) is 30.6 Å². The van der Waals surface area contributed by atoms with E-state index in [9.17, 15) is 4.79 Å². The summed E-state index contributed by atoms with van der Waals surface area (Å²) in [5.41, 5.74) is 7.47. The Morgan fingerprint density at radius 1 is 1.38 bits per heavy atom. The molecule has 1 aromatic heterocycles. The van der Waals surface area contributed by atoms with Gasteiger partial charge in [0, 0.05) is 11.8 Å². The lowest BCUT2D eigenvalue weighted by Gasteiger charge is -2.07. The van der Waals surface area contributed by atoms with Crippen molar-refractivity contribution in [1.82, 2.24) is 9.97 Å². The second kappa shape index (κ2) is 6.84. The third-order valence-electron chi connectivity index (χ3n) is 2.56. The molecular weight excluding hydrogens is 288 g/mol. The van der Waals surface area contributed by atoms with E-state index < -0.39 is 0 Å². The molecule has 0 radical (unpaired) electrons. The molecule has 6 heteroatoms. The van der Waals surface area contributed by atoms with Gasteiger partial charge in [-0.2, -0.15) is 0 Å². The van der Waals surface area contributed by atoms with Gasteiger partial charge >= 0.3 is 0 Å². The van der Waals surface area contributed by atoms with Crippen LogP contribution in [0.3, 0.4) is 0 Å². The van der Waals surface area contributed by atoms with E-state index in [0.29, 0.717) is 10.7 Å². The summed E-state index contributed by atoms with van der Waals surface area (Å²) in [7, 11) is 0. The van der Waals surface area contributed by atoms with E-state index in [-0.39, 0.29) is 18.1 Å². The van der Waals surface area contributed by atoms with Gasteiger partial charge in [-0.25, -0.2) is 4.98 Å². The normalized spacial score (nSPS) is 9.67. The van der Waals surface area contributed by atoms with Crippen LogP contribution in [0.2, 0.25) is 5.02 Å². The summed E-state index contributed by atoms with van der Waals surface area (Å²) in [4.78, 5) is 20.1. The fourth-order valence-corrected chi connectivity index (χ4v) is 1.71. The van der Waals surface area contributed by atoms with Crippen molar-refractivity contribution in [2.45, 2.75) is 6.92 Å². The Kier molecular flexibility index (Phi) is 4.88. The molecule has 2 aromatic rings. The van der Waals surface area contributed by atoms with Crippen LogP contribution in [-0.4, -0.2) is 22.4 Å². The van der Waals surface area contributed by atoms with Crippen LogP contribution in [0.1, 0.15) is 21.7 Å². The molecule has 0 spiro atoms. The van der Waals surface area contributed by atoms with Crippen LogP contribution in [0.5, 0.6) is 0 Å². The Hall–Kier alpha value is -2.42. The summed E-state index contributed by atoms with van der Waals surface area (Å²) in [6.07, 6.45) is 2.94. The Labute approximate surface area is 127 Å². The van der Waals surface area contributed by atoms with Crippen LogP contribution in [-0.2, 0) is 0 Å². The second-order valence-electron chi connectivity index (χ2n) is 4.20. The fourth-order valence-electron chi connectivity index (χ4n) is 1.55. The van der Waals surface area contributed by atoms with E-state index >= 15 is 0 Å². The van der Waals surface area contributed by atoms with Crippen LogP contribution < -0.4 is 11.1 Å². The smallest absolute Gasteiger partial charge is 0.275 e. The summed E-state index contributed by atoms with van der Waals surface area (Å²) in [6.45, 7) is 2.06. The van der Waals surface area contributed by atoms with Gasteiger partial charge in [0.25, 0.3) is 5.91 Å². The Balaban J connectivity index is 2.22. The molecule has 3 N–H and O–H groups in total. The number of benzene rings is 1. The van der Waals surface area contributed by atoms with Gasteiger partial charge in [-0.05, 0) is 25.1 Å².